The lowest BCUT2D eigenvalue weighted by Gasteiger charge is -2.08. The molecule has 4 nitrogen and oxygen atoms in total. The van der Waals surface area contributed by atoms with Crippen LogP contribution in [0.4, 0.5) is 0 Å². The lowest BCUT2D eigenvalue weighted by atomic mass is 10.2. The van der Waals surface area contributed by atoms with Gasteiger partial charge in [-0.2, -0.15) is 0 Å². The number of hydrogen-bond donors (Lipinski definition) is 0. The Morgan fingerprint density at radius 1 is 1.37 bits per heavy atom. The SMILES string of the molecule is COc1ccccc1COC(=O)c1oc(Br)cc1C. The third kappa shape index (κ3) is 3.17. The van der Waals surface area contributed by atoms with Crippen LogP contribution in [0, 0.1) is 6.92 Å². The van der Waals surface area contributed by atoms with Crippen LogP contribution in [0.5, 0.6) is 5.75 Å². The van der Waals surface area contributed by atoms with E-state index in [1.165, 1.54) is 0 Å². The Bertz CT molecular complexity index is 589. The highest BCUT2D eigenvalue weighted by molar-refractivity contribution is 9.10. The Morgan fingerprint density at radius 3 is 2.74 bits per heavy atom. The first-order valence-corrected chi connectivity index (χ1v) is 6.46. The Labute approximate surface area is 119 Å². The maximum absolute atomic E-state index is 11.9. The molecule has 1 heterocycles. The van der Waals surface area contributed by atoms with E-state index in [0.717, 1.165) is 11.1 Å². The average molecular weight is 325 g/mol. The molecule has 0 radical (unpaired) electrons. The summed E-state index contributed by atoms with van der Waals surface area (Å²) in [5, 5.41) is 0. The predicted molar refractivity (Wildman–Crippen MR) is 73.3 cm³/mol. The second-order valence-corrected chi connectivity index (χ2v) is 4.73. The Morgan fingerprint density at radius 2 is 2.11 bits per heavy atom. The first-order valence-electron chi connectivity index (χ1n) is 5.66. The number of para-hydroxylation sites is 1. The summed E-state index contributed by atoms with van der Waals surface area (Å²) in [7, 11) is 1.58. The van der Waals surface area contributed by atoms with Crippen molar-refractivity contribution in [1.82, 2.24) is 0 Å². The standard InChI is InChI=1S/C14H13BrO4/c1-9-7-12(15)19-13(9)14(16)18-8-10-5-3-4-6-11(10)17-2/h3-7H,8H2,1-2H3. The lowest BCUT2D eigenvalue weighted by molar-refractivity contribution is 0.0431. The van der Waals surface area contributed by atoms with Crippen molar-refractivity contribution in [3.8, 4) is 5.75 Å². The van der Waals surface area contributed by atoms with E-state index in [2.05, 4.69) is 15.9 Å². The van der Waals surface area contributed by atoms with Gasteiger partial charge in [-0.25, -0.2) is 4.79 Å². The van der Waals surface area contributed by atoms with Crippen LogP contribution in [0.25, 0.3) is 0 Å². The molecule has 19 heavy (non-hydrogen) atoms. The van der Waals surface area contributed by atoms with Gasteiger partial charge in [0.1, 0.15) is 12.4 Å². The van der Waals surface area contributed by atoms with Crippen LogP contribution in [-0.4, -0.2) is 13.1 Å². The van der Waals surface area contributed by atoms with Gasteiger partial charge in [-0.15, -0.1) is 0 Å². The van der Waals surface area contributed by atoms with Crippen LogP contribution in [0.3, 0.4) is 0 Å². The zero-order valence-electron chi connectivity index (χ0n) is 10.6. The summed E-state index contributed by atoms with van der Waals surface area (Å²) in [6.07, 6.45) is 0. The van der Waals surface area contributed by atoms with Gasteiger partial charge in [0.15, 0.2) is 4.67 Å². The Balaban J connectivity index is 2.06. The number of furan rings is 1. The molecule has 0 spiro atoms. The molecule has 0 saturated carbocycles. The highest BCUT2D eigenvalue weighted by Gasteiger charge is 2.17. The third-order valence-corrected chi connectivity index (χ3v) is 3.02. The fourth-order valence-electron chi connectivity index (χ4n) is 1.68. The number of carbonyl (C=O) groups is 1. The van der Waals surface area contributed by atoms with Crippen LogP contribution in [-0.2, 0) is 11.3 Å². The van der Waals surface area contributed by atoms with Crippen LogP contribution in [0.2, 0.25) is 0 Å². The molecule has 0 bridgehead atoms. The van der Waals surface area contributed by atoms with E-state index in [0.29, 0.717) is 10.4 Å². The van der Waals surface area contributed by atoms with Crippen LogP contribution < -0.4 is 4.74 Å². The van der Waals surface area contributed by atoms with E-state index in [1.54, 1.807) is 20.1 Å². The van der Waals surface area contributed by atoms with Gasteiger partial charge in [-0.1, -0.05) is 18.2 Å². The Hall–Kier alpha value is -1.75. The number of methoxy groups -OCH3 is 1. The maximum atomic E-state index is 11.9. The van der Waals surface area contributed by atoms with Crippen molar-refractivity contribution >= 4 is 21.9 Å². The smallest absolute Gasteiger partial charge is 0.374 e. The summed E-state index contributed by atoms with van der Waals surface area (Å²) >= 11 is 3.18. The van der Waals surface area contributed by atoms with Crippen molar-refractivity contribution in [1.29, 1.82) is 0 Å². The van der Waals surface area contributed by atoms with Gasteiger partial charge in [-0.05, 0) is 35.0 Å². The molecule has 100 valence electrons. The quantitative estimate of drug-likeness (QED) is 0.804. The number of ether oxygens (including phenoxy) is 2. The van der Waals surface area contributed by atoms with E-state index >= 15 is 0 Å². The maximum Gasteiger partial charge on any atom is 0.374 e. The third-order valence-electron chi connectivity index (χ3n) is 2.62. The van der Waals surface area contributed by atoms with Crippen molar-refractivity contribution in [3.05, 3.63) is 51.9 Å². The summed E-state index contributed by atoms with van der Waals surface area (Å²) in [6, 6.07) is 9.10. The van der Waals surface area contributed by atoms with Gasteiger partial charge in [0, 0.05) is 11.1 Å². The number of esters is 1. The lowest BCUT2D eigenvalue weighted by Crippen LogP contribution is -2.06. The minimum Gasteiger partial charge on any atom is -0.496 e. The predicted octanol–water partition coefficient (Wildman–Crippen LogP) is 3.72. The fourth-order valence-corrected chi connectivity index (χ4v) is 2.18. The summed E-state index contributed by atoms with van der Waals surface area (Å²) < 4.78 is 16.1. The zero-order valence-corrected chi connectivity index (χ0v) is 12.2. The molecule has 0 saturated heterocycles. The minimum atomic E-state index is -0.492. The van der Waals surface area contributed by atoms with Crippen LogP contribution in [0.15, 0.2) is 39.4 Å². The van der Waals surface area contributed by atoms with E-state index in [4.69, 9.17) is 13.9 Å². The normalized spacial score (nSPS) is 10.3. The molecule has 0 aliphatic carbocycles. The molecule has 0 fully saturated rings. The van der Waals surface area contributed by atoms with Crippen molar-refractivity contribution < 1.29 is 18.7 Å². The zero-order chi connectivity index (χ0) is 13.8. The number of halogens is 1. The van der Waals surface area contributed by atoms with Crippen molar-refractivity contribution in [2.75, 3.05) is 7.11 Å². The minimum absolute atomic E-state index is 0.139. The van der Waals surface area contributed by atoms with Gasteiger partial charge in [-0.3, -0.25) is 0 Å². The molecule has 0 amide bonds. The molecular weight excluding hydrogens is 312 g/mol. The molecule has 0 atom stereocenters. The van der Waals surface area contributed by atoms with Gasteiger partial charge >= 0.3 is 5.97 Å². The van der Waals surface area contributed by atoms with Crippen LogP contribution >= 0.6 is 15.9 Å². The number of rotatable bonds is 4. The molecule has 1 aromatic carbocycles. The Kier molecular flexibility index (Phi) is 4.27. The summed E-state index contributed by atoms with van der Waals surface area (Å²) in [6.45, 7) is 1.93. The van der Waals surface area contributed by atoms with Crippen LogP contribution in [0.1, 0.15) is 21.7 Å². The second-order valence-electron chi connectivity index (χ2n) is 3.95. The fraction of sp³-hybridized carbons (Fsp3) is 0.214. The molecule has 0 N–H and O–H groups in total. The molecule has 0 aliphatic heterocycles. The monoisotopic (exact) mass is 324 g/mol. The second kappa shape index (κ2) is 5.93. The number of aryl methyl sites for hydroxylation is 1. The number of carbonyl (C=O) groups excluding carboxylic acids is 1. The average Bonchev–Trinajstić information content (AvgIpc) is 2.75. The molecule has 0 aliphatic rings. The largest absolute Gasteiger partial charge is 0.496 e. The molecule has 5 heteroatoms. The van der Waals surface area contributed by atoms with E-state index < -0.39 is 5.97 Å². The van der Waals surface area contributed by atoms with Gasteiger partial charge in [0.05, 0.1) is 7.11 Å². The van der Waals surface area contributed by atoms with E-state index in [1.807, 2.05) is 24.3 Å². The van der Waals surface area contributed by atoms with Crippen molar-refractivity contribution in [2.24, 2.45) is 0 Å². The van der Waals surface area contributed by atoms with Gasteiger partial charge in [0.2, 0.25) is 5.76 Å². The summed E-state index contributed by atoms with van der Waals surface area (Å²) in [5.41, 5.74) is 1.54. The number of benzene rings is 1. The molecule has 1 aromatic heterocycles. The molecule has 2 aromatic rings. The van der Waals surface area contributed by atoms with Crippen molar-refractivity contribution in [2.45, 2.75) is 13.5 Å². The molecule has 0 unspecified atom stereocenters. The molecular formula is C14H13BrO4. The summed E-state index contributed by atoms with van der Waals surface area (Å²) in [5.74, 6) is 0.406. The topological polar surface area (TPSA) is 48.7 Å². The highest BCUT2D eigenvalue weighted by Crippen LogP contribution is 2.22. The number of hydrogen-bond acceptors (Lipinski definition) is 4. The van der Waals surface area contributed by atoms with Gasteiger partial charge < -0.3 is 13.9 Å². The first kappa shape index (κ1) is 13.7. The first-order chi connectivity index (χ1) is 9.11. The molecule has 2 rings (SSSR count). The van der Waals surface area contributed by atoms with E-state index in [9.17, 15) is 4.79 Å². The van der Waals surface area contributed by atoms with E-state index in [-0.39, 0.29) is 12.4 Å². The van der Waals surface area contributed by atoms with Gasteiger partial charge in [0.25, 0.3) is 0 Å². The highest BCUT2D eigenvalue weighted by atomic mass is 79.9. The van der Waals surface area contributed by atoms with Crippen molar-refractivity contribution in [3.63, 3.8) is 0 Å². The summed E-state index contributed by atoms with van der Waals surface area (Å²) in [4.78, 5) is 11.9.